The third kappa shape index (κ3) is 5.03. The number of hydrogen-bond acceptors (Lipinski definition) is 5. The van der Waals surface area contributed by atoms with Crippen LogP contribution >= 0.6 is 0 Å². The largest absolute Gasteiger partial charge is 0.477 e. The number of carbonyl (C=O) groups excluding carboxylic acids is 1. The molecule has 0 aromatic heterocycles. The van der Waals surface area contributed by atoms with E-state index in [2.05, 4.69) is 5.32 Å². The average molecular weight is 296 g/mol. The predicted molar refractivity (Wildman–Crippen MR) is 77.0 cm³/mol. The Hall–Kier alpha value is -2.15. The molecule has 0 aliphatic rings. The number of hydrogen-bond donors (Lipinski definition) is 2. The maximum Gasteiger partial charge on any atom is 0.310 e. The number of carbonyl (C=O) groups is 1. The molecule has 0 spiro atoms. The molecule has 0 fully saturated rings. The van der Waals surface area contributed by atoms with Gasteiger partial charge in [-0.05, 0) is 30.5 Å². The monoisotopic (exact) mass is 296 g/mol. The standard InChI is InChI=1S/C14H20N2O5/c1-3-11(4-2)15-14(18)9-21-13-7-10(8-17)5-6-12(13)16(19)20/h5-7,11,17H,3-4,8-9H2,1-2H3,(H,15,18). The Labute approximate surface area is 123 Å². The molecule has 0 aliphatic heterocycles. The number of aliphatic hydroxyl groups is 1. The molecule has 0 bridgehead atoms. The summed E-state index contributed by atoms with van der Waals surface area (Å²) >= 11 is 0. The third-order valence-electron chi connectivity index (χ3n) is 3.11. The lowest BCUT2D eigenvalue weighted by Crippen LogP contribution is -2.37. The van der Waals surface area contributed by atoms with Crippen LogP contribution in [0.3, 0.4) is 0 Å². The van der Waals surface area contributed by atoms with E-state index in [0.29, 0.717) is 5.56 Å². The Morgan fingerprint density at radius 1 is 1.43 bits per heavy atom. The zero-order valence-electron chi connectivity index (χ0n) is 12.2. The van der Waals surface area contributed by atoms with Crippen LogP contribution in [0.1, 0.15) is 32.3 Å². The summed E-state index contributed by atoms with van der Waals surface area (Å²) in [5.41, 5.74) is 0.249. The molecule has 7 heteroatoms. The van der Waals surface area contributed by atoms with Gasteiger partial charge < -0.3 is 15.2 Å². The zero-order chi connectivity index (χ0) is 15.8. The Morgan fingerprint density at radius 3 is 2.62 bits per heavy atom. The number of nitrogens with one attached hydrogen (secondary N) is 1. The van der Waals surface area contributed by atoms with Crippen molar-refractivity contribution in [2.45, 2.75) is 39.3 Å². The predicted octanol–water partition coefficient (Wildman–Crippen LogP) is 1.77. The molecule has 21 heavy (non-hydrogen) atoms. The van der Waals surface area contributed by atoms with Gasteiger partial charge in [0, 0.05) is 12.1 Å². The van der Waals surface area contributed by atoms with Crippen LogP contribution in [0.4, 0.5) is 5.69 Å². The minimum atomic E-state index is -0.588. The molecule has 0 radical (unpaired) electrons. The van der Waals surface area contributed by atoms with Gasteiger partial charge in [-0.15, -0.1) is 0 Å². The average Bonchev–Trinajstić information content (AvgIpc) is 2.49. The molecule has 0 saturated carbocycles. The van der Waals surface area contributed by atoms with Crippen molar-refractivity contribution in [3.8, 4) is 5.75 Å². The number of rotatable bonds is 8. The number of nitro benzene ring substituents is 1. The molecule has 0 heterocycles. The van der Waals surface area contributed by atoms with Crippen molar-refractivity contribution >= 4 is 11.6 Å². The zero-order valence-corrected chi connectivity index (χ0v) is 12.2. The maximum absolute atomic E-state index is 11.7. The summed E-state index contributed by atoms with van der Waals surface area (Å²) in [5.74, 6) is -0.348. The Bertz CT molecular complexity index is 500. The van der Waals surface area contributed by atoms with Crippen LogP contribution in [-0.4, -0.2) is 28.6 Å². The first-order chi connectivity index (χ1) is 10.0. The van der Waals surface area contributed by atoms with Gasteiger partial charge in [0.15, 0.2) is 12.4 Å². The van der Waals surface area contributed by atoms with Gasteiger partial charge in [-0.1, -0.05) is 13.8 Å². The molecule has 1 aromatic rings. The Morgan fingerprint density at radius 2 is 2.10 bits per heavy atom. The van der Waals surface area contributed by atoms with E-state index in [-0.39, 0.29) is 36.6 Å². The van der Waals surface area contributed by atoms with Crippen LogP contribution in [-0.2, 0) is 11.4 Å². The van der Waals surface area contributed by atoms with Crippen molar-refractivity contribution in [2.24, 2.45) is 0 Å². The molecule has 2 N–H and O–H groups in total. The van der Waals surface area contributed by atoms with Gasteiger partial charge in [0.25, 0.3) is 5.91 Å². The van der Waals surface area contributed by atoms with Crippen molar-refractivity contribution in [1.29, 1.82) is 0 Å². The van der Waals surface area contributed by atoms with E-state index in [9.17, 15) is 14.9 Å². The first-order valence-electron chi connectivity index (χ1n) is 6.82. The molecular formula is C14H20N2O5. The van der Waals surface area contributed by atoms with Crippen LogP contribution in [0.15, 0.2) is 18.2 Å². The van der Waals surface area contributed by atoms with Gasteiger partial charge in [-0.2, -0.15) is 0 Å². The molecule has 0 unspecified atom stereocenters. The molecule has 0 saturated heterocycles. The van der Waals surface area contributed by atoms with Crippen molar-refractivity contribution < 1.29 is 19.6 Å². The number of ether oxygens (including phenoxy) is 1. The summed E-state index contributed by atoms with van der Waals surface area (Å²) in [7, 11) is 0. The first-order valence-corrected chi connectivity index (χ1v) is 6.82. The summed E-state index contributed by atoms with van der Waals surface area (Å²) in [6.07, 6.45) is 1.62. The van der Waals surface area contributed by atoms with Gasteiger partial charge in [0.2, 0.25) is 0 Å². The highest BCUT2D eigenvalue weighted by Gasteiger charge is 2.17. The number of amides is 1. The van der Waals surface area contributed by atoms with Crippen molar-refractivity contribution in [1.82, 2.24) is 5.32 Å². The maximum atomic E-state index is 11.7. The summed E-state index contributed by atoms with van der Waals surface area (Å²) < 4.78 is 5.23. The van der Waals surface area contributed by atoms with Crippen molar-refractivity contribution in [3.63, 3.8) is 0 Å². The molecule has 1 amide bonds. The van der Waals surface area contributed by atoms with E-state index in [4.69, 9.17) is 9.84 Å². The van der Waals surface area contributed by atoms with Crippen LogP contribution < -0.4 is 10.1 Å². The number of benzene rings is 1. The van der Waals surface area contributed by atoms with Crippen molar-refractivity contribution in [2.75, 3.05) is 6.61 Å². The molecular weight excluding hydrogens is 276 g/mol. The van der Waals surface area contributed by atoms with Gasteiger partial charge in [-0.25, -0.2) is 0 Å². The fourth-order valence-electron chi connectivity index (χ4n) is 1.83. The number of nitro groups is 1. The topological polar surface area (TPSA) is 102 Å². The lowest BCUT2D eigenvalue weighted by atomic mass is 10.2. The second-order valence-corrected chi connectivity index (χ2v) is 4.59. The Kier molecular flexibility index (Phi) is 6.61. The highest BCUT2D eigenvalue weighted by atomic mass is 16.6. The van der Waals surface area contributed by atoms with Gasteiger partial charge in [-0.3, -0.25) is 14.9 Å². The SMILES string of the molecule is CCC(CC)NC(=O)COc1cc(CO)ccc1[N+](=O)[O-]. The number of nitrogens with zero attached hydrogens (tertiary/aromatic N) is 1. The molecule has 0 aliphatic carbocycles. The fourth-order valence-corrected chi connectivity index (χ4v) is 1.83. The van der Waals surface area contributed by atoms with Gasteiger partial charge in [0.05, 0.1) is 11.5 Å². The first kappa shape index (κ1) is 16.9. The third-order valence-corrected chi connectivity index (χ3v) is 3.11. The van der Waals surface area contributed by atoms with E-state index in [1.807, 2.05) is 13.8 Å². The highest BCUT2D eigenvalue weighted by Crippen LogP contribution is 2.27. The van der Waals surface area contributed by atoms with E-state index in [0.717, 1.165) is 12.8 Å². The van der Waals surface area contributed by atoms with Crippen molar-refractivity contribution in [3.05, 3.63) is 33.9 Å². The summed E-state index contributed by atoms with van der Waals surface area (Å²) in [6, 6.07) is 4.12. The lowest BCUT2D eigenvalue weighted by molar-refractivity contribution is -0.385. The Balaban J connectivity index is 2.73. The minimum absolute atomic E-state index is 0.0220. The normalized spacial score (nSPS) is 10.5. The van der Waals surface area contributed by atoms with Crippen LogP contribution in [0, 0.1) is 10.1 Å². The summed E-state index contributed by atoms with van der Waals surface area (Å²) in [4.78, 5) is 22.0. The number of aliphatic hydroxyl groups excluding tert-OH is 1. The fraction of sp³-hybridized carbons (Fsp3) is 0.500. The minimum Gasteiger partial charge on any atom is -0.477 e. The van der Waals surface area contributed by atoms with E-state index >= 15 is 0 Å². The smallest absolute Gasteiger partial charge is 0.310 e. The van der Waals surface area contributed by atoms with E-state index < -0.39 is 4.92 Å². The molecule has 0 atom stereocenters. The summed E-state index contributed by atoms with van der Waals surface area (Å²) in [5, 5.41) is 22.7. The molecule has 7 nitrogen and oxygen atoms in total. The highest BCUT2D eigenvalue weighted by molar-refractivity contribution is 5.78. The molecule has 116 valence electrons. The second kappa shape index (κ2) is 8.21. The molecule has 1 aromatic carbocycles. The summed E-state index contributed by atoms with van der Waals surface area (Å²) in [6.45, 7) is 3.37. The molecule has 1 rings (SSSR count). The second-order valence-electron chi connectivity index (χ2n) is 4.59. The van der Waals surface area contributed by atoms with E-state index in [1.54, 1.807) is 0 Å². The van der Waals surface area contributed by atoms with Gasteiger partial charge >= 0.3 is 5.69 Å². The van der Waals surface area contributed by atoms with Crippen LogP contribution in [0.5, 0.6) is 5.75 Å². The lowest BCUT2D eigenvalue weighted by Gasteiger charge is -2.15. The van der Waals surface area contributed by atoms with E-state index in [1.165, 1.54) is 18.2 Å². The van der Waals surface area contributed by atoms with Crippen LogP contribution in [0.25, 0.3) is 0 Å². The quantitative estimate of drug-likeness (QED) is 0.562. The van der Waals surface area contributed by atoms with Gasteiger partial charge in [0.1, 0.15) is 0 Å². The van der Waals surface area contributed by atoms with Crippen LogP contribution in [0.2, 0.25) is 0 Å².